The zero-order chi connectivity index (χ0) is 71.6. The summed E-state index contributed by atoms with van der Waals surface area (Å²) in [6, 6.07) is 0. The minimum atomic E-state index is -5.95. The molecule has 0 heterocycles. The SMILES string of the molecule is CC(C)(COCC(C)(COCC(F)(F)C(F)(F)F)COS(=O)(=O)[O-])COCC(C)(COCC(F)(F)C(F)(F)F)COS(=O)(=O)O.CC(C)(COCC(C)(COCC(F)(F)C(F)(F)F)COS(=O)(=O)[O-])COCC(C)(COCC(F)(F)C(F)(F)F)COS(=O)(=O)O.[NH4+].[NH4+].[NH4+].[NH4+]. The lowest BCUT2D eigenvalue weighted by molar-refractivity contribution is -0.298. The van der Waals surface area contributed by atoms with Crippen molar-refractivity contribution >= 4 is 41.6 Å². The molecule has 18 N–H and O–H groups in total. The molecule has 0 saturated heterocycles. The Balaban J connectivity index is -0.000000395. The van der Waals surface area contributed by atoms with Crippen LogP contribution in [0.3, 0.4) is 0 Å². The minimum absolute atomic E-state index is 0. The van der Waals surface area contributed by atoms with Crippen molar-refractivity contribution < 1.29 is 194 Å². The maximum Gasteiger partial charge on any atom is 0.455 e. The first kappa shape index (κ1) is 103. The van der Waals surface area contributed by atoms with E-state index < -0.39 is 228 Å². The zero-order valence-electron chi connectivity index (χ0n) is 52.2. The van der Waals surface area contributed by atoms with Crippen LogP contribution in [0.1, 0.15) is 55.4 Å². The highest BCUT2D eigenvalue weighted by Crippen LogP contribution is 2.40. The first-order chi connectivity index (χ1) is 39.5. The molecule has 52 heteroatoms. The van der Waals surface area contributed by atoms with E-state index in [-0.39, 0.29) is 51.0 Å². The number of rotatable bonds is 44. The number of ether oxygens (including phenoxy) is 8. The highest BCUT2D eigenvalue weighted by molar-refractivity contribution is 7.81. The molecule has 576 valence electrons. The monoisotopic (exact) mass is 1530 g/mol. The normalized spacial score (nSPS) is 16.5. The van der Waals surface area contributed by atoms with Crippen LogP contribution >= 0.6 is 0 Å². The van der Waals surface area contributed by atoms with Gasteiger partial charge in [0.1, 0.15) is 26.4 Å². The van der Waals surface area contributed by atoms with Gasteiger partial charge in [0.05, 0.1) is 106 Å². The molecule has 0 aromatic rings. The molecule has 4 unspecified atom stereocenters. The van der Waals surface area contributed by atoms with Gasteiger partial charge in [0.25, 0.3) is 0 Å². The predicted molar refractivity (Wildman–Crippen MR) is 281 cm³/mol. The Morgan fingerprint density at radius 3 is 0.521 bits per heavy atom. The molecule has 0 amide bonds. The van der Waals surface area contributed by atoms with Gasteiger partial charge in [0.2, 0.25) is 20.8 Å². The lowest BCUT2D eigenvalue weighted by atomic mass is 9.92. The summed E-state index contributed by atoms with van der Waals surface area (Å²) in [4.78, 5) is 0. The fraction of sp³-hybridized carbons (Fsp3) is 1.00. The Bertz CT molecular complexity index is 2290. The Morgan fingerprint density at radius 2 is 0.394 bits per heavy atom. The van der Waals surface area contributed by atoms with E-state index in [0.29, 0.717) is 0 Å². The first-order valence-electron chi connectivity index (χ1n) is 24.3. The Hall–Kier alpha value is -2.40. The van der Waals surface area contributed by atoms with Crippen molar-refractivity contribution in [1.29, 1.82) is 0 Å². The number of hydrogen-bond acceptors (Lipinski definition) is 22. The van der Waals surface area contributed by atoms with Crippen molar-refractivity contribution in [1.82, 2.24) is 24.6 Å². The van der Waals surface area contributed by atoms with Crippen LogP contribution < -0.4 is 24.6 Å². The maximum atomic E-state index is 13.2. The summed E-state index contributed by atoms with van der Waals surface area (Å²) in [5.74, 6) is -21.0. The second-order valence-corrected chi connectivity index (χ2v) is 27.3. The highest BCUT2D eigenvalue weighted by atomic mass is 32.3. The molecule has 0 radical (unpaired) electrons. The van der Waals surface area contributed by atoms with Gasteiger partial charge in [-0.1, -0.05) is 55.4 Å². The van der Waals surface area contributed by atoms with Crippen LogP contribution in [0.2, 0.25) is 0 Å². The molecular weight excluding hydrogens is 1450 g/mol. The van der Waals surface area contributed by atoms with Crippen molar-refractivity contribution in [3.63, 3.8) is 0 Å². The molecule has 0 bridgehead atoms. The molecule has 0 saturated carbocycles. The average molecular weight is 1540 g/mol. The topological polar surface area (TPSA) is 480 Å². The molecule has 94 heavy (non-hydrogen) atoms. The van der Waals surface area contributed by atoms with E-state index in [0.717, 1.165) is 27.7 Å². The fourth-order valence-electron chi connectivity index (χ4n) is 5.77. The molecular formula is C42H82F20N4O24S4+2. The predicted octanol–water partition coefficient (Wildman–Crippen LogP) is 9.07. The van der Waals surface area contributed by atoms with Crippen molar-refractivity contribution in [2.45, 2.75) is 104 Å². The molecule has 0 aromatic heterocycles. The van der Waals surface area contributed by atoms with Crippen molar-refractivity contribution in [3.8, 4) is 0 Å². The summed E-state index contributed by atoms with van der Waals surface area (Å²) < 4.78 is 436. The van der Waals surface area contributed by atoms with Crippen molar-refractivity contribution in [2.24, 2.45) is 32.5 Å². The molecule has 0 spiro atoms. The number of alkyl halides is 20. The molecule has 0 aliphatic carbocycles. The third-order valence-electron chi connectivity index (χ3n) is 10.6. The van der Waals surface area contributed by atoms with E-state index >= 15 is 0 Å². The summed E-state index contributed by atoms with van der Waals surface area (Å²) in [7, 11) is -20.8. The van der Waals surface area contributed by atoms with Crippen molar-refractivity contribution in [3.05, 3.63) is 0 Å². The Kier molecular flexibility index (Phi) is 41.9. The number of quaternary nitrogens is 4. The summed E-state index contributed by atoms with van der Waals surface area (Å²) >= 11 is 0. The molecule has 0 aliphatic rings. The fourth-order valence-corrected chi connectivity index (χ4v) is 7.49. The van der Waals surface area contributed by atoms with Gasteiger partial charge in [-0.15, -0.1) is 0 Å². The van der Waals surface area contributed by atoms with Gasteiger partial charge >= 0.3 is 69.2 Å². The van der Waals surface area contributed by atoms with Gasteiger partial charge in [0.15, 0.2) is 0 Å². The highest BCUT2D eigenvalue weighted by Gasteiger charge is 2.60. The van der Waals surface area contributed by atoms with Crippen molar-refractivity contribution in [2.75, 3.05) is 132 Å². The zero-order valence-corrected chi connectivity index (χ0v) is 55.5. The number of halogens is 20. The Morgan fingerprint density at radius 1 is 0.255 bits per heavy atom. The molecule has 0 aliphatic heterocycles. The summed E-state index contributed by atoms with van der Waals surface area (Å²) in [6.45, 7) is -10.2. The van der Waals surface area contributed by atoms with Gasteiger partial charge in [0, 0.05) is 32.5 Å². The molecule has 0 aromatic carbocycles. The van der Waals surface area contributed by atoms with E-state index in [1.807, 2.05) is 0 Å². The molecule has 0 fully saturated rings. The maximum absolute atomic E-state index is 13.2. The first-order valence-corrected chi connectivity index (χ1v) is 29.7. The Labute approximate surface area is 527 Å². The average Bonchev–Trinajstić information content (AvgIpc) is 2.72. The second-order valence-electron chi connectivity index (χ2n) is 23.0. The lowest BCUT2D eigenvalue weighted by Crippen LogP contribution is -2.43. The van der Waals surface area contributed by atoms with Gasteiger partial charge in [-0.25, -0.2) is 25.2 Å². The molecule has 28 nitrogen and oxygen atoms in total. The summed E-state index contributed by atoms with van der Waals surface area (Å²) in [6.07, 6.45) is -23.8. The van der Waals surface area contributed by atoms with Crippen LogP contribution in [0, 0.1) is 32.5 Å². The third-order valence-corrected chi connectivity index (χ3v) is 12.2. The van der Waals surface area contributed by atoms with E-state index in [1.54, 1.807) is 0 Å². The van der Waals surface area contributed by atoms with Crippen LogP contribution in [0.25, 0.3) is 0 Å². The van der Waals surface area contributed by atoms with Gasteiger partial charge < -0.3 is 71.6 Å². The van der Waals surface area contributed by atoms with E-state index in [4.69, 9.17) is 28.1 Å². The van der Waals surface area contributed by atoms with E-state index in [2.05, 4.69) is 35.7 Å². The van der Waals surface area contributed by atoms with Crippen LogP contribution in [0.15, 0.2) is 0 Å². The van der Waals surface area contributed by atoms with Crippen LogP contribution in [0.4, 0.5) is 87.8 Å². The van der Waals surface area contributed by atoms with E-state index in [9.17, 15) is 131 Å². The second kappa shape index (κ2) is 38.4. The molecule has 0 rings (SSSR count). The van der Waals surface area contributed by atoms with E-state index in [1.165, 1.54) is 27.7 Å². The summed E-state index contributed by atoms with van der Waals surface area (Å²) in [5, 5.41) is 0. The van der Waals surface area contributed by atoms with Gasteiger partial charge in [-0.3, -0.25) is 17.5 Å². The largest absolute Gasteiger partial charge is 0.726 e. The quantitative estimate of drug-likeness (QED) is 0.0188. The third kappa shape index (κ3) is 44.6. The van der Waals surface area contributed by atoms with Gasteiger partial charge in [-0.2, -0.15) is 105 Å². The molecule has 4 atom stereocenters. The van der Waals surface area contributed by atoms with Crippen LogP contribution in [0.5, 0.6) is 0 Å². The van der Waals surface area contributed by atoms with Gasteiger partial charge in [-0.05, 0) is 0 Å². The lowest BCUT2D eigenvalue weighted by Gasteiger charge is -2.33. The standard InChI is InChI=1S/2C21H34F10O12S2.4H3N/c2*1-15(2,5-38-7-16(3,11-42-44(32,33)34)9-40-13-18(22,23)20(26,27)28)6-39-8-17(4,12-43-45(35,36)37)10-41-14-19(24,25)21(29,30)31;;;;/h2*5-14H2,1-4H3,(H,32,33,34)(H,35,36,37);4*1H3/p+2. The summed E-state index contributed by atoms with van der Waals surface area (Å²) in [5.41, 5.74) is -9.10. The smallest absolute Gasteiger partial charge is 0.455 e. The minimum Gasteiger partial charge on any atom is -0.726 e. The van der Waals surface area contributed by atoms with Crippen LogP contribution in [-0.4, -0.2) is 232 Å². The number of hydrogen-bond donors (Lipinski definition) is 6. The van der Waals surface area contributed by atoms with Crippen LogP contribution in [-0.2, 0) is 96.2 Å².